The lowest BCUT2D eigenvalue weighted by atomic mass is 10.1. The summed E-state index contributed by atoms with van der Waals surface area (Å²) in [6.07, 6.45) is 6.75. The maximum atomic E-state index is 12.7. The predicted molar refractivity (Wildman–Crippen MR) is 98.9 cm³/mol. The minimum Gasteiger partial charge on any atom is -0.348 e. The molecule has 0 saturated heterocycles. The molecule has 0 spiro atoms. The minimum absolute atomic E-state index is 0.262. The van der Waals surface area contributed by atoms with E-state index in [0.29, 0.717) is 22.8 Å². The summed E-state index contributed by atoms with van der Waals surface area (Å²) >= 11 is 6.06. The van der Waals surface area contributed by atoms with Crippen LogP contribution >= 0.6 is 11.6 Å². The van der Waals surface area contributed by atoms with Gasteiger partial charge in [0.05, 0.1) is 17.6 Å². The van der Waals surface area contributed by atoms with E-state index in [9.17, 15) is 4.79 Å². The standard InChI is InChI=1S/C18H14ClN7O/c19-14-3-6-17(26-12-22-23-24-26)16(9-14)18(27)21-10-13-1-4-15(5-2-13)25-8-7-20-11-25/h1-9,11-12H,10H2,(H,21,27). The molecule has 0 fully saturated rings. The number of amides is 1. The van der Waals surface area contributed by atoms with Crippen LogP contribution in [0, 0.1) is 0 Å². The van der Waals surface area contributed by atoms with Crippen LogP contribution in [-0.2, 0) is 6.54 Å². The summed E-state index contributed by atoms with van der Waals surface area (Å²) in [6, 6.07) is 12.8. The summed E-state index contributed by atoms with van der Waals surface area (Å²) in [5, 5.41) is 14.4. The largest absolute Gasteiger partial charge is 0.348 e. The van der Waals surface area contributed by atoms with Crippen molar-refractivity contribution in [1.29, 1.82) is 0 Å². The van der Waals surface area contributed by atoms with Gasteiger partial charge >= 0.3 is 0 Å². The second-order valence-electron chi connectivity index (χ2n) is 5.73. The zero-order valence-electron chi connectivity index (χ0n) is 14.0. The first-order chi connectivity index (χ1) is 13.2. The molecule has 0 atom stereocenters. The summed E-state index contributed by atoms with van der Waals surface area (Å²) in [5.74, 6) is -0.262. The van der Waals surface area contributed by atoms with E-state index < -0.39 is 0 Å². The molecule has 1 amide bonds. The van der Waals surface area contributed by atoms with Crippen molar-refractivity contribution in [2.45, 2.75) is 6.54 Å². The van der Waals surface area contributed by atoms with Gasteiger partial charge in [-0.3, -0.25) is 4.79 Å². The van der Waals surface area contributed by atoms with Crippen LogP contribution in [0.15, 0.2) is 67.5 Å². The first-order valence-corrected chi connectivity index (χ1v) is 8.47. The first-order valence-electron chi connectivity index (χ1n) is 8.09. The zero-order chi connectivity index (χ0) is 18.6. The number of hydrogen-bond acceptors (Lipinski definition) is 5. The van der Waals surface area contributed by atoms with Crippen molar-refractivity contribution in [3.63, 3.8) is 0 Å². The number of aromatic nitrogens is 6. The van der Waals surface area contributed by atoms with Crippen molar-refractivity contribution in [2.24, 2.45) is 0 Å². The molecule has 4 rings (SSSR count). The molecule has 1 N–H and O–H groups in total. The van der Waals surface area contributed by atoms with Crippen LogP contribution in [0.25, 0.3) is 11.4 Å². The molecule has 27 heavy (non-hydrogen) atoms. The Hall–Kier alpha value is -3.52. The average molecular weight is 380 g/mol. The van der Waals surface area contributed by atoms with Gasteiger partial charge < -0.3 is 9.88 Å². The molecule has 9 heteroatoms. The Morgan fingerprint density at radius 3 is 2.67 bits per heavy atom. The average Bonchev–Trinajstić information content (AvgIpc) is 3.40. The third kappa shape index (κ3) is 3.70. The quantitative estimate of drug-likeness (QED) is 0.575. The summed E-state index contributed by atoms with van der Waals surface area (Å²) in [4.78, 5) is 16.7. The van der Waals surface area contributed by atoms with Crippen LogP contribution < -0.4 is 5.32 Å². The number of benzene rings is 2. The monoisotopic (exact) mass is 379 g/mol. The number of tetrazole rings is 1. The van der Waals surface area contributed by atoms with Crippen molar-refractivity contribution < 1.29 is 4.79 Å². The molecule has 0 unspecified atom stereocenters. The van der Waals surface area contributed by atoms with E-state index in [0.717, 1.165) is 11.3 Å². The number of rotatable bonds is 5. The van der Waals surface area contributed by atoms with Crippen molar-refractivity contribution in [3.05, 3.63) is 83.7 Å². The Balaban J connectivity index is 1.49. The fraction of sp³-hybridized carbons (Fsp3) is 0.0556. The second kappa shape index (κ2) is 7.38. The van der Waals surface area contributed by atoms with E-state index in [1.54, 1.807) is 30.7 Å². The molecule has 134 valence electrons. The highest BCUT2D eigenvalue weighted by Crippen LogP contribution is 2.19. The fourth-order valence-corrected chi connectivity index (χ4v) is 2.81. The second-order valence-corrected chi connectivity index (χ2v) is 6.17. The van der Waals surface area contributed by atoms with Crippen LogP contribution in [0.3, 0.4) is 0 Å². The maximum absolute atomic E-state index is 12.7. The summed E-state index contributed by atoms with van der Waals surface area (Å²) in [5.41, 5.74) is 2.92. The molecule has 4 aromatic rings. The van der Waals surface area contributed by atoms with Crippen LogP contribution in [-0.4, -0.2) is 35.7 Å². The van der Waals surface area contributed by atoms with Gasteiger partial charge in [0.15, 0.2) is 0 Å². The van der Waals surface area contributed by atoms with Gasteiger partial charge in [0.1, 0.15) is 6.33 Å². The molecule has 0 bridgehead atoms. The lowest BCUT2D eigenvalue weighted by molar-refractivity contribution is 0.0950. The van der Waals surface area contributed by atoms with E-state index >= 15 is 0 Å². The van der Waals surface area contributed by atoms with Crippen LogP contribution in [0.4, 0.5) is 0 Å². The van der Waals surface area contributed by atoms with Crippen molar-refractivity contribution in [1.82, 2.24) is 35.1 Å². The predicted octanol–water partition coefficient (Wildman–Crippen LogP) is 2.43. The lowest BCUT2D eigenvalue weighted by Crippen LogP contribution is -2.24. The fourth-order valence-electron chi connectivity index (χ4n) is 2.64. The Kier molecular flexibility index (Phi) is 4.63. The van der Waals surface area contributed by atoms with Gasteiger partial charge in [-0.15, -0.1) is 5.10 Å². The number of hydrogen-bond donors (Lipinski definition) is 1. The van der Waals surface area contributed by atoms with Crippen molar-refractivity contribution >= 4 is 17.5 Å². The van der Waals surface area contributed by atoms with Crippen molar-refractivity contribution in [3.8, 4) is 11.4 Å². The van der Waals surface area contributed by atoms with Gasteiger partial charge in [-0.2, -0.15) is 4.68 Å². The molecule has 8 nitrogen and oxygen atoms in total. The van der Waals surface area contributed by atoms with Crippen molar-refractivity contribution in [2.75, 3.05) is 0 Å². The number of carbonyl (C=O) groups is 1. The summed E-state index contributed by atoms with van der Waals surface area (Å²) in [7, 11) is 0. The van der Waals surface area contributed by atoms with Gasteiger partial charge in [-0.25, -0.2) is 4.98 Å². The first kappa shape index (κ1) is 16.9. The van der Waals surface area contributed by atoms with E-state index in [-0.39, 0.29) is 5.91 Å². The topological polar surface area (TPSA) is 90.5 Å². The van der Waals surface area contributed by atoms with Gasteiger partial charge in [0.2, 0.25) is 0 Å². The van der Waals surface area contributed by atoms with Gasteiger partial charge in [-0.1, -0.05) is 23.7 Å². The highest BCUT2D eigenvalue weighted by Gasteiger charge is 2.14. The van der Waals surface area contributed by atoms with Gasteiger partial charge in [0.25, 0.3) is 5.91 Å². The molecule has 0 aliphatic carbocycles. The molecule has 2 aromatic heterocycles. The summed E-state index contributed by atoms with van der Waals surface area (Å²) < 4.78 is 3.33. The minimum atomic E-state index is -0.262. The van der Waals surface area contributed by atoms with Crippen LogP contribution in [0.2, 0.25) is 5.02 Å². The van der Waals surface area contributed by atoms with E-state index in [1.165, 1.54) is 11.0 Å². The molecule has 0 radical (unpaired) electrons. The zero-order valence-corrected chi connectivity index (χ0v) is 14.8. The SMILES string of the molecule is O=C(NCc1ccc(-n2ccnc2)cc1)c1cc(Cl)ccc1-n1cnnn1. The number of imidazole rings is 1. The third-order valence-electron chi connectivity index (χ3n) is 3.99. The molecular weight excluding hydrogens is 366 g/mol. The Morgan fingerprint density at radius 2 is 1.96 bits per heavy atom. The lowest BCUT2D eigenvalue weighted by Gasteiger charge is -2.10. The Labute approximate surface area is 159 Å². The molecule has 2 heterocycles. The third-order valence-corrected chi connectivity index (χ3v) is 4.23. The number of nitrogens with one attached hydrogen (secondary N) is 1. The van der Waals surface area contributed by atoms with Crippen LogP contribution in [0.5, 0.6) is 0 Å². The van der Waals surface area contributed by atoms with Crippen LogP contribution in [0.1, 0.15) is 15.9 Å². The van der Waals surface area contributed by atoms with E-state index in [1.807, 2.05) is 35.0 Å². The van der Waals surface area contributed by atoms with Gasteiger partial charge in [0, 0.05) is 29.6 Å². The molecule has 0 saturated carbocycles. The van der Waals surface area contributed by atoms with E-state index in [2.05, 4.69) is 25.8 Å². The number of halogens is 1. The molecule has 2 aromatic carbocycles. The Morgan fingerprint density at radius 1 is 1.11 bits per heavy atom. The van der Waals surface area contributed by atoms with E-state index in [4.69, 9.17) is 11.6 Å². The molecular formula is C18H14ClN7O. The summed E-state index contributed by atoms with van der Waals surface area (Å²) in [6.45, 7) is 0.380. The highest BCUT2D eigenvalue weighted by atomic mass is 35.5. The number of nitrogens with zero attached hydrogens (tertiary/aromatic N) is 6. The molecule has 0 aliphatic rings. The maximum Gasteiger partial charge on any atom is 0.253 e. The molecule has 0 aliphatic heterocycles. The highest BCUT2D eigenvalue weighted by molar-refractivity contribution is 6.31. The smallest absolute Gasteiger partial charge is 0.253 e. The Bertz CT molecular complexity index is 1040. The number of carbonyl (C=O) groups excluding carboxylic acids is 1. The normalized spacial score (nSPS) is 10.7. The van der Waals surface area contributed by atoms with Gasteiger partial charge in [-0.05, 0) is 46.3 Å².